The molecule has 0 aliphatic carbocycles. The van der Waals surface area contributed by atoms with E-state index in [1.54, 1.807) is 0 Å². The first kappa shape index (κ1) is 11.0. The van der Waals surface area contributed by atoms with E-state index in [0.717, 1.165) is 10.2 Å². The SMILES string of the molecule is O=c1[nH][nH]c(=O)c2nn(-c3ccc(Br)cc3)cc12. The molecular weight excluding hydrogens is 300 g/mol. The molecule has 90 valence electrons. The molecule has 2 heterocycles. The van der Waals surface area contributed by atoms with Crippen LogP contribution in [0.2, 0.25) is 0 Å². The highest BCUT2D eigenvalue weighted by Crippen LogP contribution is 2.14. The summed E-state index contributed by atoms with van der Waals surface area (Å²) in [6, 6.07) is 7.38. The van der Waals surface area contributed by atoms with Crippen molar-refractivity contribution in [3.63, 3.8) is 0 Å². The molecular formula is C11H7BrN4O2. The van der Waals surface area contributed by atoms with Crippen molar-refractivity contribution in [3.05, 3.63) is 55.6 Å². The smallest absolute Gasteiger partial charge is 0.267 e. The fourth-order valence-electron chi connectivity index (χ4n) is 1.67. The Kier molecular flexibility index (Phi) is 2.41. The van der Waals surface area contributed by atoms with Crippen LogP contribution >= 0.6 is 15.9 Å². The van der Waals surface area contributed by atoms with Crippen molar-refractivity contribution in [2.24, 2.45) is 0 Å². The maximum absolute atomic E-state index is 11.5. The van der Waals surface area contributed by atoms with E-state index in [-0.39, 0.29) is 16.5 Å². The Morgan fingerprint density at radius 2 is 1.72 bits per heavy atom. The van der Waals surface area contributed by atoms with Crippen molar-refractivity contribution in [2.45, 2.75) is 0 Å². The molecule has 0 aliphatic rings. The minimum absolute atomic E-state index is 0.127. The van der Waals surface area contributed by atoms with E-state index in [1.807, 2.05) is 24.3 Å². The normalized spacial score (nSPS) is 10.9. The van der Waals surface area contributed by atoms with Crippen molar-refractivity contribution < 1.29 is 0 Å². The number of H-pyrrole nitrogens is 2. The van der Waals surface area contributed by atoms with Gasteiger partial charge in [-0.3, -0.25) is 19.8 Å². The quantitative estimate of drug-likeness (QED) is 0.708. The van der Waals surface area contributed by atoms with Gasteiger partial charge in [0.15, 0.2) is 5.52 Å². The van der Waals surface area contributed by atoms with Gasteiger partial charge in [0.25, 0.3) is 11.1 Å². The first-order valence-corrected chi connectivity index (χ1v) is 5.91. The molecule has 0 aliphatic heterocycles. The molecule has 1 aromatic carbocycles. The summed E-state index contributed by atoms with van der Waals surface area (Å²) in [5, 5.41) is 8.88. The molecule has 0 saturated heterocycles. The highest BCUT2D eigenvalue weighted by atomic mass is 79.9. The van der Waals surface area contributed by atoms with Gasteiger partial charge < -0.3 is 0 Å². The minimum atomic E-state index is -0.416. The van der Waals surface area contributed by atoms with E-state index in [4.69, 9.17) is 0 Å². The molecule has 3 aromatic rings. The third kappa shape index (κ3) is 1.68. The molecule has 18 heavy (non-hydrogen) atoms. The van der Waals surface area contributed by atoms with Crippen LogP contribution in [-0.2, 0) is 0 Å². The van der Waals surface area contributed by atoms with Crippen LogP contribution in [0.25, 0.3) is 16.6 Å². The number of fused-ring (bicyclic) bond motifs is 1. The van der Waals surface area contributed by atoms with Crippen molar-refractivity contribution in [3.8, 4) is 5.69 Å². The minimum Gasteiger partial charge on any atom is -0.267 e. The number of nitrogens with one attached hydrogen (secondary N) is 2. The van der Waals surface area contributed by atoms with Gasteiger partial charge in [-0.25, -0.2) is 4.68 Å². The topological polar surface area (TPSA) is 83.5 Å². The molecule has 0 radical (unpaired) electrons. The van der Waals surface area contributed by atoms with E-state index >= 15 is 0 Å². The molecule has 0 spiro atoms. The predicted molar refractivity (Wildman–Crippen MR) is 70.0 cm³/mol. The number of benzene rings is 1. The molecule has 7 heteroatoms. The van der Waals surface area contributed by atoms with Crippen LogP contribution in [0.4, 0.5) is 0 Å². The third-order valence-corrected chi connectivity index (χ3v) is 3.08. The lowest BCUT2D eigenvalue weighted by atomic mass is 10.3. The summed E-state index contributed by atoms with van der Waals surface area (Å²) in [5.74, 6) is 0. The standard InChI is InChI=1S/C11H7BrN4O2/c12-6-1-3-7(4-2-6)16-5-8-9(15-16)11(18)14-13-10(8)17/h1-5H,(H,13,17)(H,14,18). The van der Waals surface area contributed by atoms with Gasteiger partial charge in [0.1, 0.15) is 0 Å². The molecule has 6 nitrogen and oxygen atoms in total. The van der Waals surface area contributed by atoms with Gasteiger partial charge in [-0.1, -0.05) is 15.9 Å². The first-order chi connectivity index (χ1) is 8.65. The lowest BCUT2D eigenvalue weighted by molar-refractivity contribution is 0.890. The Bertz CT molecular complexity index is 782. The summed E-state index contributed by atoms with van der Waals surface area (Å²) >= 11 is 3.34. The van der Waals surface area contributed by atoms with Crippen LogP contribution in [0.15, 0.2) is 44.5 Å². The maximum atomic E-state index is 11.5. The van der Waals surface area contributed by atoms with Crippen molar-refractivity contribution >= 4 is 26.8 Å². The molecule has 0 fully saturated rings. The highest BCUT2D eigenvalue weighted by Gasteiger charge is 2.09. The number of rotatable bonds is 1. The number of nitrogens with zero attached hydrogens (tertiary/aromatic N) is 2. The predicted octanol–water partition coefficient (Wildman–Crippen LogP) is 1.16. The Balaban J connectivity index is 2.29. The van der Waals surface area contributed by atoms with Crippen molar-refractivity contribution in [1.82, 2.24) is 20.0 Å². The lowest BCUT2D eigenvalue weighted by Crippen LogP contribution is -2.18. The van der Waals surface area contributed by atoms with Crippen LogP contribution < -0.4 is 11.1 Å². The lowest BCUT2D eigenvalue weighted by Gasteiger charge is -1.99. The number of hydrogen-bond donors (Lipinski definition) is 2. The van der Waals surface area contributed by atoms with Crippen LogP contribution in [0, 0.1) is 0 Å². The second-order valence-corrected chi connectivity index (χ2v) is 4.64. The summed E-state index contributed by atoms with van der Waals surface area (Å²) in [6.45, 7) is 0. The van der Waals surface area contributed by atoms with Gasteiger partial charge in [0.2, 0.25) is 0 Å². The number of halogens is 1. The average molecular weight is 307 g/mol. The van der Waals surface area contributed by atoms with E-state index in [1.165, 1.54) is 10.9 Å². The largest absolute Gasteiger partial charge is 0.291 e. The van der Waals surface area contributed by atoms with Crippen molar-refractivity contribution in [1.29, 1.82) is 0 Å². The maximum Gasteiger partial charge on any atom is 0.291 e. The zero-order valence-electron chi connectivity index (χ0n) is 8.98. The highest BCUT2D eigenvalue weighted by molar-refractivity contribution is 9.10. The molecule has 0 atom stereocenters. The Morgan fingerprint density at radius 3 is 2.39 bits per heavy atom. The summed E-state index contributed by atoms with van der Waals surface area (Å²) in [7, 11) is 0. The van der Waals surface area contributed by atoms with Gasteiger partial charge in [0.05, 0.1) is 11.1 Å². The van der Waals surface area contributed by atoms with Crippen LogP contribution in [0.3, 0.4) is 0 Å². The summed E-state index contributed by atoms with van der Waals surface area (Å²) in [6.07, 6.45) is 1.53. The Hall–Kier alpha value is -2.15. The van der Waals surface area contributed by atoms with Crippen LogP contribution in [-0.4, -0.2) is 20.0 Å². The van der Waals surface area contributed by atoms with E-state index < -0.39 is 5.56 Å². The van der Waals surface area contributed by atoms with E-state index in [2.05, 4.69) is 31.2 Å². The molecule has 0 amide bonds. The van der Waals surface area contributed by atoms with Gasteiger partial charge in [0, 0.05) is 10.7 Å². The fourth-order valence-corrected chi connectivity index (χ4v) is 1.94. The van der Waals surface area contributed by atoms with E-state index in [9.17, 15) is 9.59 Å². The van der Waals surface area contributed by atoms with Gasteiger partial charge >= 0.3 is 0 Å². The molecule has 0 bridgehead atoms. The van der Waals surface area contributed by atoms with Gasteiger partial charge in [-0.05, 0) is 24.3 Å². The second-order valence-electron chi connectivity index (χ2n) is 3.72. The van der Waals surface area contributed by atoms with E-state index in [0.29, 0.717) is 0 Å². The number of hydrogen-bond acceptors (Lipinski definition) is 3. The summed E-state index contributed by atoms with van der Waals surface area (Å²) in [4.78, 5) is 23.1. The molecule has 0 saturated carbocycles. The van der Waals surface area contributed by atoms with Gasteiger partial charge in [-0.15, -0.1) is 0 Å². The third-order valence-electron chi connectivity index (χ3n) is 2.55. The average Bonchev–Trinajstić information content (AvgIpc) is 2.81. The number of aromatic nitrogens is 4. The summed E-state index contributed by atoms with van der Waals surface area (Å²) < 4.78 is 2.44. The first-order valence-electron chi connectivity index (χ1n) is 5.11. The molecule has 0 unspecified atom stereocenters. The van der Waals surface area contributed by atoms with Crippen LogP contribution in [0.1, 0.15) is 0 Å². The monoisotopic (exact) mass is 306 g/mol. The molecule has 2 N–H and O–H groups in total. The second kappa shape index (κ2) is 3.95. The van der Waals surface area contributed by atoms with Crippen molar-refractivity contribution in [2.75, 3.05) is 0 Å². The zero-order chi connectivity index (χ0) is 12.7. The van der Waals surface area contributed by atoms with Gasteiger partial charge in [-0.2, -0.15) is 5.10 Å². The number of aromatic amines is 2. The summed E-state index contributed by atoms with van der Waals surface area (Å²) in [5.41, 5.74) is 0.114. The molecule has 2 aromatic heterocycles. The fraction of sp³-hybridized carbons (Fsp3) is 0. The Morgan fingerprint density at radius 1 is 1.06 bits per heavy atom. The molecule has 3 rings (SSSR count). The zero-order valence-corrected chi connectivity index (χ0v) is 10.6. The van der Waals surface area contributed by atoms with Crippen LogP contribution in [0.5, 0.6) is 0 Å². The Labute approximate surface area is 108 Å².